The first-order valence-electron chi connectivity index (χ1n) is 5.11. The third-order valence-electron chi connectivity index (χ3n) is 2.61. The van der Waals surface area contributed by atoms with E-state index in [1.54, 1.807) is 6.07 Å². The highest BCUT2D eigenvalue weighted by Crippen LogP contribution is 2.23. The molecule has 0 saturated carbocycles. The second kappa shape index (κ2) is 3.59. The summed E-state index contributed by atoms with van der Waals surface area (Å²) >= 11 is 0. The molecule has 0 radical (unpaired) electrons. The molecule has 1 heterocycles. The first kappa shape index (κ1) is 10.6. The van der Waals surface area contributed by atoms with E-state index in [1.807, 2.05) is 32.9 Å². The van der Waals surface area contributed by atoms with Gasteiger partial charge in [-0.3, -0.25) is 4.98 Å². The molecule has 1 aromatic heterocycles. The van der Waals surface area contributed by atoms with Gasteiger partial charge in [-0.15, -0.1) is 0 Å². The van der Waals surface area contributed by atoms with Crippen LogP contribution in [-0.2, 0) is 0 Å². The van der Waals surface area contributed by atoms with Crippen LogP contribution in [0.3, 0.4) is 0 Å². The Balaban J connectivity index is 2.95. The van der Waals surface area contributed by atoms with Crippen molar-refractivity contribution in [1.29, 1.82) is 0 Å². The number of rotatable bonds is 1. The van der Waals surface area contributed by atoms with Gasteiger partial charge in [0, 0.05) is 11.1 Å². The second-order valence-corrected chi connectivity index (χ2v) is 4.09. The second-order valence-electron chi connectivity index (χ2n) is 4.09. The predicted octanol–water partition coefficient (Wildman–Crippen LogP) is 2.86. The summed E-state index contributed by atoms with van der Waals surface area (Å²) in [6, 6.07) is 5.51. The summed E-state index contributed by atoms with van der Waals surface area (Å²) in [4.78, 5) is 15.6. The van der Waals surface area contributed by atoms with E-state index in [2.05, 4.69) is 4.98 Å². The van der Waals surface area contributed by atoms with Crippen LogP contribution in [-0.4, -0.2) is 16.1 Å². The highest BCUT2D eigenvalue weighted by molar-refractivity contribution is 6.04. The summed E-state index contributed by atoms with van der Waals surface area (Å²) < 4.78 is 0. The minimum absolute atomic E-state index is 0.333. The van der Waals surface area contributed by atoms with Gasteiger partial charge in [0.2, 0.25) is 0 Å². The molecular weight excluding hydrogens is 202 g/mol. The molecule has 0 atom stereocenters. The van der Waals surface area contributed by atoms with E-state index in [0.29, 0.717) is 5.56 Å². The van der Waals surface area contributed by atoms with Crippen molar-refractivity contribution < 1.29 is 9.90 Å². The third-order valence-corrected chi connectivity index (χ3v) is 2.61. The molecule has 0 unspecified atom stereocenters. The van der Waals surface area contributed by atoms with Crippen molar-refractivity contribution in [2.45, 2.75) is 20.8 Å². The van der Waals surface area contributed by atoms with Gasteiger partial charge in [0.1, 0.15) is 0 Å². The summed E-state index contributed by atoms with van der Waals surface area (Å²) in [6.07, 6.45) is 0. The zero-order valence-electron chi connectivity index (χ0n) is 9.53. The standard InChI is InChI=1S/C13H13NO2/c1-7-4-10(13(15)16)12-8(2)6-9(3)14-11(12)5-7/h4-6H,1-3H3,(H,15,16). The van der Waals surface area contributed by atoms with Crippen LogP contribution in [0.15, 0.2) is 18.2 Å². The van der Waals surface area contributed by atoms with Crippen molar-refractivity contribution >= 4 is 16.9 Å². The summed E-state index contributed by atoms with van der Waals surface area (Å²) in [5.74, 6) is -0.901. The highest BCUT2D eigenvalue weighted by atomic mass is 16.4. The smallest absolute Gasteiger partial charge is 0.336 e. The number of aryl methyl sites for hydroxylation is 3. The van der Waals surface area contributed by atoms with Crippen LogP contribution in [0, 0.1) is 20.8 Å². The largest absolute Gasteiger partial charge is 0.478 e. The van der Waals surface area contributed by atoms with Crippen LogP contribution >= 0.6 is 0 Å². The molecular formula is C13H13NO2. The quantitative estimate of drug-likeness (QED) is 0.795. The number of nitrogens with zero attached hydrogens (tertiary/aromatic N) is 1. The maximum absolute atomic E-state index is 11.2. The molecule has 3 nitrogen and oxygen atoms in total. The molecule has 0 spiro atoms. The Morgan fingerprint density at radius 2 is 1.88 bits per heavy atom. The number of carboxylic acids is 1. The topological polar surface area (TPSA) is 50.2 Å². The number of hydrogen-bond acceptors (Lipinski definition) is 2. The molecule has 16 heavy (non-hydrogen) atoms. The van der Waals surface area contributed by atoms with Crippen molar-refractivity contribution in [3.8, 4) is 0 Å². The zero-order valence-corrected chi connectivity index (χ0v) is 9.53. The zero-order chi connectivity index (χ0) is 11.9. The summed E-state index contributed by atoms with van der Waals surface area (Å²) in [5.41, 5.74) is 3.88. The molecule has 1 N–H and O–H groups in total. The number of hydrogen-bond donors (Lipinski definition) is 1. The molecule has 2 rings (SSSR count). The highest BCUT2D eigenvalue weighted by Gasteiger charge is 2.12. The Labute approximate surface area is 93.7 Å². The van der Waals surface area contributed by atoms with Crippen molar-refractivity contribution in [3.05, 3.63) is 40.6 Å². The Morgan fingerprint density at radius 3 is 2.50 bits per heavy atom. The SMILES string of the molecule is Cc1cc(C(=O)O)c2c(C)cc(C)nc2c1. The maximum atomic E-state index is 11.2. The van der Waals surface area contributed by atoms with E-state index in [1.165, 1.54) is 0 Å². The van der Waals surface area contributed by atoms with E-state index < -0.39 is 5.97 Å². The number of carbonyl (C=O) groups is 1. The first-order chi connectivity index (χ1) is 7.49. The van der Waals surface area contributed by atoms with Gasteiger partial charge in [-0.05, 0) is 50.1 Å². The van der Waals surface area contributed by atoms with Gasteiger partial charge in [0.15, 0.2) is 0 Å². The Bertz CT molecular complexity index is 583. The molecule has 0 bridgehead atoms. The molecule has 0 fully saturated rings. The number of fused-ring (bicyclic) bond motifs is 1. The van der Waals surface area contributed by atoms with Crippen LogP contribution in [0.25, 0.3) is 10.9 Å². The Morgan fingerprint density at radius 1 is 1.19 bits per heavy atom. The van der Waals surface area contributed by atoms with Crippen LogP contribution in [0.2, 0.25) is 0 Å². The average molecular weight is 215 g/mol. The van der Waals surface area contributed by atoms with E-state index in [4.69, 9.17) is 0 Å². The maximum Gasteiger partial charge on any atom is 0.336 e. The lowest BCUT2D eigenvalue weighted by Crippen LogP contribution is -2.01. The van der Waals surface area contributed by atoms with Crippen LogP contribution < -0.4 is 0 Å². The molecule has 3 heteroatoms. The van der Waals surface area contributed by atoms with Gasteiger partial charge in [-0.2, -0.15) is 0 Å². The molecule has 0 saturated heterocycles. The van der Waals surface area contributed by atoms with Crippen molar-refractivity contribution in [2.75, 3.05) is 0 Å². The van der Waals surface area contributed by atoms with Crippen LogP contribution in [0.1, 0.15) is 27.2 Å². The summed E-state index contributed by atoms with van der Waals surface area (Å²) in [7, 11) is 0. The number of pyridine rings is 1. The molecule has 0 aliphatic carbocycles. The van der Waals surface area contributed by atoms with Crippen molar-refractivity contribution in [2.24, 2.45) is 0 Å². The van der Waals surface area contributed by atoms with Gasteiger partial charge in [0.05, 0.1) is 11.1 Å². The van der Waals surface area contributed by atoms with Gasteiger partial charge in [-0.25, -0.2) is 4.79 Å². The lowest BCUT2D eigenvalue weighted by atomic mass is 10.0. The van der Waals surface area contributed by atoms with E-state index >= 15 is 0 Å². The molecule has 0 aliphatic rings. The van der Waals surface area contributed by atoms with E-state index in [-0.39, 0.29) is 0 Å². The third kappa shape index (κ3) is 1.65. The molecule has 0 amide bonds. The number of aromatic nitrogens is 1. The average Bonchev–Trinajstić information content (AvgIpc) is 2.14. The van der Waals surface area contributed by atoms with Crippen LogP contribution in [0.5, 0.6) is 0 Å². The molecule has 82 valence electrons. The van der Waals surface area contributed by atoms with Crippen LogP contribution in [0.4, 0.5) is 0 Å². The molecule has 0 aliphatic heterocycles. The predicted molar refractivity (Wildman–Crippen MR) is 62.9 cm³/mol. The fourth-order valence-corrected chi connectivity index (χ4v) is 2.05. The fourth-order valence-electron chi connectivity index (χ4n) is 2.05. The Hall–Kier alpha value is -1.90. The number of aromatic carboxylic acids is 1. The van der Waals surface area contributed by atoms with Crippen molar-refractivity contribution in [1.82, 2.24) is 4.98 Å². The monoisotopic (exact) mass is 215 g/mol. The normalized spacial score (nSPS) is 10.7. The molecule has 1 aromatic carbocycles. The first-order valence-corrected chi connectivity index (χ1v) is 5.11. The fraction of sp³-hybridized carbons (Fsp3) is 0.231. The lowest BCUT2D eigenvalue weighted by molar-refractivity contribution is 0.0699. The summed E-state index contributed by atoms with van der Waals surface area (Å²) in [6.45, 7) is 5.71. The summed E-state index contributed by atoms with van der Waals surface area (Å²) in [5, 5.41) is 9.91. The minimum atomic E-state index is -0.901. The number of carboxylic acid groups (broad SMARTS) is 1. The van der Waals surface area contributed by atoms with Gasteiger partial charge >= 0.3 is 5.97 Å². The van der Waals surface area contributed by atoms with Crippen molar-refractivity contribution in [3.63, 3.8) is 0 Å². The van der Waals surface area contributed by atoms with E-state index in [0.717, 1.165) is 27.7 Å². The Kier molecular flexibility index (Phi) is 2.38. The van der Waals surface area contributed by atoms with Gasteiger partial charge in [-0.1, -0.05) is 0 Å². The minimum Gasteiger partial charge on any atom is -0.478 e. The van der Waals surface area contributed by atoms with Gasteiger partial charge in [0.25, 0.3) is 0 Å². The van der Waals surface area contributed by atoms with E-state index in [9.17, 15) is 9.90 Å². The number of benzene rings is 1. The molecule has 2 aromatic rings. The lowest BCUT2D eigenvalue weighted by Gasteiger charge is -2.08. The van der Waals surface area contributed by atoms with Gasteiger partial charge < -0.3 is 5.11 Å².